The van der Waals surface area contributed by atoms with E-state index in [0.717, 1.165) is 26.1 Å². The van der Waals surface area contributed by atoms with Crippen molar-refractivity contribution in [2.24, 2.45) is 5.92 Å². The molecule has 0 aliphatic carbocycles. The number of aliphatic hydroxyl groups excluding tert-OH is 1. The zero-order valence-corrected chi connectivity index (χ0v) is 12.8. The zero-order chi connectivity index (χ0) is 15.6. The highest BCUT2D eigenvalue weighted by Crippen LogP contribution is 2.31. The average Bonchev–Trinajstić information content (AvgIpc) is 2.83. The Bertz CT molecular complexity index is 519. The molecule has 1 N–H and O–H groups in total. The highest BCUT2D eigenvalue weighted by atomic mass is 16.6. The fraction of sp³-hybridized carbons (Fsp3) is 0.600. The first-order chi connectivity index (χ1) is 9.88. The number of nitro benzene ring substituents is 1. The van der Waals surface area contributed by atoms with Gasteiger partial charge in [0.25, 0.3) is 5.69 Å². The van der Waals surface area contributed by atoms with Crippen molar-refractivity contribution in [1.82, 2.24) is 4.90 Å². The summed E-state index contributed by atoms with van der Waals surface area (Å²) >= 11 is 0. The lowest BCUT2D eigenvalue weighted by molar-refractivity contribution is -0.384. The molecular formula is C15H23N3O3. The molecule has 6 nitrogen and oxygen atoms in total. The molecule has 1 aromatic rings. The number of nitrogens with zero attached hydrogens (tertiary/aromatic N) is 3. The second kappa shape index (κ2) is 6.41. The largest absolute Gasteiger partial charge is 0.389 e. The van der Waals surface area contributed by atoms with Crippen molar-refractivity contribution in [3.63, 3.8) is 0 Å². The van der Waals surface area contributed by atoms with Gasteiger partial charge in [0.2, 0.25) is 0 Å². The number of nitro groups is 1. The quantitative estimate of drug-likeness (QED) is 0.664. The Labute approximate surface area is 125 Å². The van der Waals surface area contributed by atoms with Gasteiger partial charge in [-0.1, -0.05) is 6.07 Å². The molecule has 0 bridgehead atoms. The van der Waals surface area contributed by atoms with E-state index in [2.05, 4.69) is 11.9 Å². The van der Waals surface area contributed by atoms with Crippen LogP contribution < -0.4 is 4.90 Å². The fourth-order valence-electron chi connectivity index (χ4n) is 2.93. The maximum Gasteiger partial charge on any atom is 0.292 e. The maximum absolute atomic E-state index is 11.3. The molecule has 1 heterocycles. The molecule has 1 saturated heterocycles. The Kier molecular flexibility index (Phi) is 4.80. The van der Waals surface area contributed by atoms with E-state index in [4.69, 9.17) is 0 Å². The van der Waals surface area contributed by atoms with E-state index in [1.54, 1.807) is 19.1 Å². The first kappa shape index (κ1) is 15.7. The smallest absolute Gasteiger partial charge is 0.292 e. The third kappa shape index (κ3) is 3.71. The summed E-state index contributed by atoms with van der Waals surface area (Å²) in [6.07, 6.45) is 0.423. The fourth-order valence-corrected chi connectivity index (χ4v) is 2.93. The average molecular weight is 293 g/mol. The Balaban J connectivity index is 2.19. The highest BCUT2D eigenvalue weighted by Gasteiger charge is 2.24. The number of hydrogen-bond acceptors (Lipinski definition) is 5. The zero-order valence-electron chi connectivity index (χ0n) is 12.8. The summed E-state index contributed by atoms with van der Waals surface area (Å²) in [4.78, 5) is 15.1. The molecule has 1 unspecified atom stereocenters. The van der Waals surface area contributed by atoms with Gasteiger partial charge in [-0.05, 0) is 44.5 Å². The van der Waals surface area contributed by atoms with Gasteiger partial charge >= 0.3 is 0 Å². The van der Waals surface area contributed by atoms with Gasteiger partial charge in [0.15, 0.2) is 0 Å². The van der Waals surface area contributed by atoms with Gasteiger partial charge in [0, 0.05) is 26.2 Å². The summed E-state index contributed by atoms with van der Waals surface area (Å²) in [6.45, 7) is 4.53. The van der Waals surface area contributed by atoms with E-state index in [0.29, 0.717) is 17.2 Å². The first-order valence-electron chi connectivity index (χ1n) is 7.24. The van der Waals surface area contributed by atoms with E-state index in [9.17, 15) is 15.2 Å². The Hall–Kier alpha value is -1.66. The van der Waals surface area contributed by atoms with Gasteiger partial charge < -0.3 is 14.9 Å². The first-order valence-corrected chi connectivity index (χ1v) is 7.24. The minimum atomic E-state index is -0.702. The van der Waals surface area contributed by atoms with E-state index < -0.39 is 6.10 Å². The van der Waals surface area contributed by atoms with Crippen molar-refractivity contribution >= 4 is 11.4 Å². The maximum atomic E-state index is 11.3. The standard InChI is InChI=1S/C15H23N3O3/c1-11(19)13-4-5-14(15(8-13)18(20)21)17(3)10-12-6-7-16(2)9-12/h4-5,8,11-12,19H,6-7,9-10H2,1-3H3/t11-,12?/m0/s1. The second-order valence-electron chi connectivity index (χ2n) is 5.98. The predicted octanol–water partition coefficient (Wildman–Crippen LogP) is 2.04. The molecule has 0 spiro atoms. The molecule has 1 fully saturated rings. The van der Waals surface area contributed by atoms with Crippen molar-refractivity contribution < 1.29 is 10.0 Å². The third-order valence-electron chi connectivity index (χ3n) is 4.11. The summed E-state index contributed by atoms with van der Waals surface area (Å²) < 4.78 is 0. The summed E-state index contributed by atoms with van der Waals surface area (Å²) in [7, 11) is 3.99. The molecule has 1 aliphatic rings. The van der Waals surface area contributed by atoms with Crippen molar-refractivity contribution in [2.45, 2.75) is 19.4 Å². The lowest BCUT2D eigenvalue weighted by Gasteiger charge is -2.23. The second-order valence-corrected chi connectivity index (χ2v) is 5.98. The molecule has 1 aliphatic heterocycles. The molecule has 116 valence electrons. The minimum absolute atomic E-state index is 0.0576. The van der Waals surface area contributed by atoms with Gasteiger partial charge in [-0.25, -0.2) is 0 Å². The monoisotopic (exact) mass is 293 g/mol. The predicted molar refractivity (Wildman–Crippen MR) is 82.6 cm³/mol. The van der Waals surface area contributed by atoms with Crippen molar-refractivity contribution in [2.75, 3.05) is 38.6 Å². The van der Waals surface area contributed by atoms with Crippen LogP contribution in [-0.4, -0.2) is 48.7 Å². The summed E-state index contributed by atoms with van der Waals surface area (Å²) in [5.41, 5.74) is 1.24. The molecule has 0 amide bonds. The number of hydrogen-bond donors (Lipinski definition) is 1. The molecule has 21 heavy (non-hydrogen) atoms. The molecule has 6 heteroatoms. The molecule has 0 radical (unpaired) electrons. The van der Waals surface area contributed by atoms with Crippen molar-refractivity contribution in [3.05, 3.63) is 33.9 Å². The van der Waals surface area contributed by atoms with Crippen LogP contribution in [0, 0.1) is 16.0 Å². The lowest BCUT2D eigenvalue weighted by atomic mass is 10.1. The van der Waals surface area contributed by atoms with Crippen LogP contribution >= 0.6 is 0 Å². The van der Waals surface area contributed by atoms with Gasteiger partial charge in [-0.3, -0.25) is 10.1 Å². The number of benzene rings is 1. The van der Waals surface area contributed by atoms with Crippen LogP contribution in [0.1, 0.15) is 25.0 Å². The van der Waals surface area contributed by atoms with Gasteiger partial charge in [-0.15, -0.1) is 0 Å². The number of likely N-dealkylation sites (tertiary alicyclic amines) is 1. The molecule has 2 atom stereocenters. The van der Waals surface area contributed by atoms with Crippen LogP contribution in [0.3, 0.4) is 0 Å². The number of rotatable bonds is 5. The van der Waals surface area contributed by atoms with E-state index >= 15 is 0 Å². The van der Waals surface area contributed by atoms with Gasteiger partial charge in [-0.2, -0.15) is 0 Å². The van der Waals surface area contributed by atoms with E-state index in [-0.39, 0.29) is 10.6 Å². The summed E-state index contributed by atoms with van der Waals surface area (Å²) in [5, 5.41) is 20.9. The normalized spacial score (nSPS) is 20.5. The molecule has 0 aromatic heterocycles. The molecular weight excluding hydrogens is 270 g/mol. The van der Waals surface area contributed by atoms with Crippen LogP contribution in [0.5, 0.6) is 0 Å². The van der Waals surface area contributed by atoms with Crippen LogP contribution in [0.15, 0.2) is 18.2 Å². The van der Waals surface area contributed by atoms with Crippen molar-refractivity contribution in [1.29, 1.82) is 0 Å². The minimum Gasteiger partial charge on any atom is -0.389 e. The molecule has 2 rings (SSSR count). The summed E-state index contributed by atoms with van der Waals surface area (Å²) in [5.74, 6) is 0.538. The lowest BCUT2D eigenvalue weighted by Crippen LogP contribution is -2.27. The Morgan fingerprint density at radius 2 is 2.29 bits per heavy atom. The van der Waals surface area contributed by atoms with Crippen LogP contribution in [0.2, 0.25) is 0 Å². The van der Waals surface area contributed by atoms with Crippen LogP contribution in [0.25, 0.3) is 0 Å². The number of aliphatic hydroxyl groups is 1. The van der Waals surface area contributed by atoms with Gasteiger partial charge in [0.05, 0.1) is 11.0 Å². The number of anilines is 1. The van der Waals surface area contributed by atoms with Crippen LogP contribution in [-0.2, 0) is 0 Å². The Morgan fingerprint density at radius 3 is 2.81 bits per heavy atom. The third-order valence-corrected chi connectivity index (χ3v) is 4.11. The molecule has 0 saturated carbocycles. The SMILES string of the molecule is C[C@H](O)c1ccc(N(C)CC2CCN(C)C2)c([N+](=O)[O-])c1. The highest BCUT2D eigenvalue weighted by molar-refractivity contribution is 5.64. The van der Waals surface area contributed by atoms with Crippen molar-refractivity contribution in [3.8, 4) is 0 Å². The van der Waals surface area contributed by atoms with E-state index in [1.807, 2.05) is 11.9 Å². The van der Waals surface area contributed by atoms with Crippen LogP contribution in [0.4, 0.5) is 11.4 Å². The van der Waals surface area contributed by atoms with Gasteiger partial charge in [0.1, 0.15) is 5.69 Å². The topological polar surface area (TPSA) is 69.8 Å². The Morgan fingerprint density at radius 1 is 1.57 bits per heavy atom. The van der Waals surface area contributed by atoms with E-state index in [1.165, 1.54) is 6.07 Å². The molecule has 1 aromatic carbocycles. The summed E-state index contributed by atoms with van der Waals surface area (Å²) in [6, 6.07) is 4.96.